The molecule has 2 atom stereocenters. The molecule has 0 aromatic rings. The van der Waals surface area contributed by atoms with Crippen LogP contribution in [0.4, 0.5) is 0 Å². The lowest BCUT2D eigenvalue weighted by Gasteiger charge is -2.24. The van der Waals surface area contributed by atoms with Crippen molar-refractivity contribution in [3.05, 3.63) is 25.4 Å². The van der Waals surface area contributed by atoms with Crippen LogP contribution in [0.15, 0.2) is 25.4 Å². The summed E-state index contributed by atoms with van der Waals surface area (Å²) in [5, 5.41) is 1.47. The smallest absolute Gasteiger partial charge is 0.0717 e. The fraction of sp³-hybridized carbons (Fsp3) is 0.500. The van der Waals surface area contributed by atoms with Crippen LogP contribution in [0.1, 0.15) is 13.8 Å². The van der Waals surface area contributed by atoms with E-state index in [1.165, 1.54) is 20.0 Å². The zero-order valence-electron chi connectivity index (χ0n) is 10.8. The van der Waals surface area contributed by atoms with Crippen molar-refractivity contribution in [3.63, 3.8) is 0 Å². The van der Waals surface area contributed by atoms with Gasteiger partial charge in [0.15, 0.2) is 0 Å². The Balaban J connectivity index is 1.52. The molecule has 4 aliphatic heterocycles. The predicted octanol–water partition coefficient (Wildman–Crippen LogP) is 7.06. The van der Waals surface area contributed by atoms with Gasteiger partial charge < -0.3 is 0 Å². The average Bonchev–Trinajstić information content (AvgIpc) is 3.02. The maximum absolute atomic E-state index is 2.36. The minimum atomic E-state index is 0.734. The van der Waals surface area contributed by atoms with Crippen LogP contribution in [0, 0.1) is 0 Å². The third-order valence-electron chi connectivity index (χ3n) is 3.04. The Morgan fingerprint density at radius 2 is 1.00 bits per heavy atom. The van der Waals surface area contributed by atoms with E-state index in [2.05, 4.69) is 37.4 Å². The van der Waals surface area contributed by atoms with Gasteiger partial charge >= 0.3 is 0 Å². The normalized spacial score (nSPS) is 33.9. The first kappa shape index (κ1) is 15.5. The van der Waals surface area contributed by atoms with Crippen molar-refractivity contribution in [2.45, 2.75) is 24.3 Å². The Bertz CT molecular complexity index is 502. The second kappa shape index (κ2) is 6.49. The summed E-state index contributed by atoms with van der Waals surface area (Å²) in [6.07, 6.45) is 0. The van der Waals surface area contributed by atoms with Gasteiger partial charge in [0.25, 0.3) is 0 Å². The van der Waals surface area contributed by atoms with Crippen molar-refractivity contribution in [2.24, 2.45) is 0 Å². The van der Waals surface area contributed by atoms with Crippen molar-refractivity contribution < 1.29 is 0 Å². The molecule has 108 valence electrons. The van der Waals surface area contributed by atoms with Gasteiger partial charge in [0, 0.05) is 22.0 Å². The maximum atomic E-state index is 2.36. The Kier molecular flexibility index (Phi) is 5.05. The Morgan fingerprint density at radius 3 is 1.45 bits per heavy atom. The summed E-state index contributed by atoms with van der Waals surface area (Å²) in [7, 11) is 0. The van der Waals surface area contributed by atoms with E-state index < -0.39 is 0 Å². The number of rotatable bonds is 0. The molecule has 0 bridgehead atoms. The Labute approximate surface area is 154 Å². The molecule has 8 heteroatoms. The first-order valence-electron chi connectivity index (χ1n) is 6.24. The molecule has 4 heterocycles. The van der Waals surface area contributed by atoms with Gasteiger partial charge in [0.05, 0.1) is 25.4 Å². The standard InChI is InChI=1S/C12H12S8/c1-5-6(2)16-10-9(15-5)19-12(20-10)11-17-7-8(18-11)14-4-3-13-7/h5-6H,3-4H2,1-2H3/t5-,6-/m1/s1. The molecule has 4 aliphatic rings. The van der Waals surface area contributed by atoms with Gasteiger partial charge in [0.2, 0.25) is 0 Å². The van der Waals surface area contributed by atoms with Gasteiger partial charge in [-0.2, -0.15) is 0 Å². The summed E-state index contributed by atoms with van der Waals surface area (Å²) >= 11 is 16.3. The largest absolute Gasteiger partial charge is 0.116 e. The van der Waals surface area contributed by atoms with E-state index in [0.29, 0.717) is 0 Å². The SMILES string of the molecule is C[C@H]1SC2=C(SC(=C3SC4=C(SCCS4)S3)S2)S[C@@H]1C. The minimum Gasteiger partial charge on any atom is -0.116 e. The van der Waals surface area contributed by atoms with Crippen LogP contribution in [-0.4, -0.2) is 22.0 Å². The molecule has 0 aliphatic carbocycles. The molecule has 0 saturated carbocycles. The van der Waals surface area contributed by atoms with Crippen molar-refractivity contribution >= 4 is 94.1 Å². The van der Waals surface area contributed by atoms with Crippen LogP contribution >= 0.6 is 94.1 Å². The van der Waals surface area contributed by atoms with Gasteiger partial charge in [-0.1, -0.05) is 60.9 Å². The molecule has 4 rings (SSSR count). The molecular weight excluding hydrogens is 401 g/mol. The number of hydrogen-bond acceptors (Lipinski definition) is 8. The van der Waals surface area contributed by atoms with Gasteiger partial charge in [0.1, 0.15) is 0 Å². The van der Waals surface area contributed by atoms with E-state index in [1.807, 2.05) is 70.6 Å². The minimum absolute atomic E-state index is 0.734. The number of thioether (sulfide) groups is 8. The summed E-state index contributed by atoms with van der Waals surface area (Å²) in [5.41, 5.74) is 0. The lowest BCUT2D eigenvalue weighted by Crippen LogP contribution is -2.14. The van der Waals surface area contributed by atoms with E-state index >= 15 is 0 Å². The van der Waals surface area contributed by atoms with Crippen LogP contribution in [0.5, 0.6) is 0 Å². The first-order chi connectivity index (χ1) is 9.70. The lowest BCUT2D eigenvalue weighted by atomic mass is 10.4. The van der Waals surface area contributed by atoms with E-state index in [9.17, 15) is 0 Å². The second-order valence-corrected chi connectivity index (χ2v) is 15.1. The van der Waals surface area contributed by atoms with Gasteiger partial charge in [-0.3, -0.25) is 0 Å². The molecule has 0 saturated heterocycles. The summed E-state index contributed by atoms with van der Waals surface area (Å²) in [5.74, 6) is 2.55. The molecule has 0 N–H and O–H groups in total. The van der Waals surface area contributed by atoms with Crippen LogP contribution < -0.4 is 0 Å². The Morgan fingerprint density at radius 1 is 0.600 bits per heavy atom. The lowest BCUT2D eigenvalue weighted by molar-refractivity contribution is 0.931. The van der Waals surface area contributed by atoms with Crippen molar-refractivity contribution in [1.29, 1.82) is 0 Å². The van der Waals surface area contributed by atoms with Crippen LogP contribution in [0.25, 0.3) is 0 Å². The molecule has 0 amide bonds. The maximum Gasteiger partial charge on any atom is 0.0717 e. The Hall–Kier alpha value is 2.02. The van der Waals surface area contributed by atoms with Gasteiger partial charge in [-0.25, -0.2) is 0 Å². The quantitative estimate of drug-likeness (QED) is 0.409. The van der Waals surface area contributed by atoms with Gasteiger partial charge in [-0.05, 0) is 0 Å². The molecule has 0 nitrogen and oxygen atoms in total. The molecule has 0 spiro atoms. The summed E-state index contributed by atoms with van der Waals surface area (Å²) < 4.78 is 9.28. The van der Waals surface area contributed by atoms with Crippen LogP contribution in [0.3, 0.4) is 0 Å². The van der Waals surface area contributed by atoms with Crippen molar-refractivity contribution in [1.82, 2.24) is 0 Å². The van der Waals surface area contributed by atoms with E-state index in [0.717, 1.165) is 10.5 Å². The molecule has 0 aromatic heterocycles. The highest BCUT2D eigenvalue weighted by Gasteiger charge is 2.35. The molecule has 0 aromatic carbocycles. The zero-order chi connectivity index (χ0) is 13.7. The third-order valence-corrected chi connectivity index (χ3v) is 15.6. The van der Waals surface area contributed by atoms with E-state index in [-0.39, 0.29) is 0 Å². The predicted molar refractivity (Wildman–Crippen MR) is 110 cm³/mol. The van der Waals surface area contributed by atoms with Gasteiger partial charge in [-0.15, -0.1) is 47.0 Å². The first-order valence-corrected chi connectivity index (χ1v) is 13.2. The summed E-state index contributed by atoms with van der Waals surface area (Å²) in [6, 6.07) is 0. The molecule has 0 fully saturated rings. The molecular formula is C12H12S8. The average molecular weight is 413 g/mol. The number of hydrogen-bond donors (Lipinski definition) is 0. The summed E-state index contributed by atoms with van der Waals surface area (Å²) in [4.78, 5) is 0. The molecule has 0 radical (unpaired) electrons. The third kappa shape index (κ3) is 3.01. The van der Waals surface area contributed by atoms with E-state index in [1.54, 1.807) is 16.9 Å². The van der Waals surface area contributed by atoms with Crippen LogP contribution in [0.2, 0.25) is 0 Å². The second-order valence-electron chi connectivity index (χ2n) is 4.48. The zero-order valence-corrected chi connectivity index (χ0v) is 17.4. The highest BCUT2D eigenvalue weighted by Crippen LogP contribution is 2.68. The van der Waals surface area contributed by atoms with E-state index in [4.69, 9.17) is 0 Å². The summed E-state index contributed by atoms with van der Waals surface area (Å²) in [6.45, 7) is 4.71. The van der Waals surface area contributed by atoms with Crippen molar-refractivity contribution in [3.8, 4) is 0 Å². The molecule has 0 unspecified atom stereocenters. The highest BCUT2D eigenvalue weighted by atomic mass is 32.3. The highest BCUT2D eigenvalue weighted by molar-refractivity contribution is 8.45. The van der Waals surface area contributed by atoms with Crippen LogP contribution in [-0.2, 0) is 0 Å². The topological polar surface area (TPSA) is 0 Å². The van der Waals surface area contributed by atoms with Crippen molar-refractivity contribution in [2.75, 3.05) is 11.5 Å². The fourth-order valence-electron chi connectivity index (χ4n) is 1.83. The monoisotopic (exact) mass is 412 g/mol. The fourth-order valence-corrected chi connectivity index (χ4v) is 14.5. The molecule has 20 heavy (non-hydrogen) atoms.